The van der Waals surface area contributed by atoms with Crippen LogP contribution in [0.3, 0.4) is 0 Å². The molecular formula is C29H34N4O4. The normalized spacial score (nSPS) is 12.1. The molecule has 0 saturated heterocycles. The Hall–Kier alpha value is -4.04. The van der Waals surface area contributed by atoms with Crippen LogP contribution in [0.2, 0.25) is 0 Å². The first-order chi connectivity index (χ1) is 17.7. The second kappa shape index (κ2) is 11.3. The lowest BCUT2D eigenvalue weighted by atomic mass is 10.1. The number of carbonyl (C=O) groups is 1. The standard InChI is InChI=1S/C29H34N4O4/c1-19(2)16-31-28(35)21-9-7-10-23(14-21)30-17-22-8-5-6-11-27(22)37-18-26(34)20-12-13-24-25(15-20)33(4)29(36)32(24)3/h5-15,19,26,30,34H,16-18H2,1-4H3,(H,31,35). The van der Waals surface area contributed by atoms with Crippen molar-refractivity contribution in [2.24, 2.45) is 20.0 Å². The fourth-order valence-electron chi connectivity index (χ4n) is 4.15. The summed E-state index contributed by atoms with van der Waals surface area (Å²) in [5.41, 5.74) is 4.49. The van der Waals surface area contributed by atoms with Gasteiger partial charge in [-0.25, -0.2) is 4.79 Å². The number of imidazole rings is 1. The first kappa shape index (κ1) is 26.0. The molecule has 0 aliphatic carbocycles. The molecule has 4 rings (SSSR count). The minimum atomic E-state index is -0.859. The molecular weight excluding hydrogens is 468 g/mol. The van der Waals surface area contributed by atoms with Crippen molar-refractivity contribution in [3.05, 3.63) is 93.9 Å². The first-order valence-electron chi connectivity index (χ1n) is 12.4. The van der Waals surface area contributed by atoms with E-state index in [4.69, 9.17) is 4.74 Å². The minimum Gasteiger partial charge on any atom is -0.490 e. The highest BCUT2D eigenvalue weighted by molar-refractivity contribution is 5.95. The quantitative estimate of drug-likeness (QED) is 0.305. The third kappa shape index (κ3) is 6.03. The lowest BCUT2D eigenvalue weighted by Crippen LogP contribution is -2.27. The lowest BCUT2D eigenvalue weighted by Gasteiger charge is -2.16. The second-order valence-corrected chi connectivity index (χ2v) is 9.62. The molecule has 8 nitrogen and oxygen atoms in total. The Morgan fingerprint density at radius 1 is 0.973 bits per heavy atom. The highest BCUT2D eigenvalue weighted by Crippen LogP contribution is 2.24. The number of nitrogens with one attached hydrogen (secondary N) is 2. The molecule has 0 aliphatic heterocycles. The van der Waals surface area contributed by atoms with Crippen molar-refractivity contribution in [2.45, 2.75) is 26.5 Å². The van der Waals surface area contributed by atoms with Crippen molar-refractivity contribution in [3.8, 4) is 5.75 Å². The van der Waals surface area contributed by atoms with E-state index in [1.165, 1.54) is 0 Å². The van der Waals surface area contributed by atoms with E-state index in [2.05, 4.69) is 24.5 Å². The number of benzene rings is 3. The average molecular weight is 503 g/mol. The molecule has 0 fully saturated rings. The molecule has 0 saturated carbocycles. The molecule has 3 aromatic carbocycles. The van der Waals surface area contributed by atoms with Gasteiger partial charge in [0.15, 0.2) is 0 Å². The van der Waals surface area contributed by atoms with Gasteiger partial charge < -0.3 is 20.5 Å². The predicted molar refractivity (Wildman–Crippen MR) is 146 cm³/mol. The number of amides is 1. The molecule has 1 aromatic heterocycles. The Bertz CT molecular complexity index is 1450. The molecule has 0 bridgehead atoms. The van der Waals surface area contributed by atoms with Crippen LogP contribution in [0.4, 0.5) is 5.69 Å². The third-order valence-corrected chi connectivity index (χ3v) is 6.33. The van der Waals surface area contributed by atoms with Crippen molar-refractivity contribution in [3.63, 3.8) is 0 Å². The monoisotopic (exact) mass is 502 g/mol. The molecule has 1 amide bonds. The van der Waals surface area contributed by atoms with Crippen molar-refractivity contribution < 1.29 is 14.6 Å². The summed E-state index contributed by atoms with van der Waals surface area (Å²) in [5.74, 6) is 0.951. The van der Waals surface area contributed by atoms with Crippen molar-refractivity contribution in [1.82, 2.24) is 14.5 Å². The van der Waals surface area contributed by atoms with Gasteiger partial charge in [0.25, 0.3) is 5.91 Å². The summed E-state index contributed by atoms with van der Waals surface area (Å²) in [6, 6.07) is 20.5. The van der Waals surface area contributed by atoms with E-state index in [1.54, 1.807) is 29.3 Å². The number of aliphatic hydroxyl groups is 1. The zero-order chi connectivity index (χ0) is 26.5. The average Bonchev–Trinajstić information content (AvgIpc) is 3.13. The van der Waals surface area contributed by atoms with Crippen LogP contribution in [0, 0.1) is 5.92 Å². The lowest BCUT2D eigenvalue weighted by molar-refractivity contribution is 0.0949. The molecule has 4 aromatic rings. The first-order valence-corrected chi connectivity index (χ1v) is 12.4. The Morgan fingerprint density at radius 3 is 2.51 bits per heavy atom. The summed E-state index contributed by atoms with van der Waals surface area (Å²) in [5, 5.41) is 17.1. The number of rotatable bonds is 10. The number of aryl methyl sites for hydroxylation is 2. The number of aliphatic hydroxyl groups excluding tert-OH is 1. The van der Waals surface area contributed by atoms with Crippen LogP contribution in [0.25, 0.3) is 11.0 Å². The predicted octanol–water partition coefficient (Wildman–Crippen LogP) is 3.99. The van der Waals surface area contributed by atoms with Gasteiger partial charge in [-0.3, -0.25) is 13.9 Å². The van der Waals surface area contributed by atoms with Gasteiger partial charge in [0.1, 0.15) is 18.5 Å². The minimum absolute atomic E-state index is 0.0643. The fraction of sp³-hybridized carbons (Fsp3) is 0.310. The second-order valence-electron chi connectivity index (χ2n) is 9.62. The molecule has 1 atom stereocenters. The summed E-state index contributed by atoms with van der Waals surface area (Å²) in [6.07, 6.45) is -0.859. The molecule has 37 heavy (non-hydrogen) atoms. The van der Waals surface area contributed by atoms with Crippen molar-refractivity contribution >= 4 is 22.6 Å². The molecule has 3 N–H and O–H groups in total. The maximum Gasteiger partial charge on any atom is 0.328 e. The van der Waals surface area contributed by atoms with E-state index in [1.807, 2.05) is 60.7 Å². The number of hydrogen-bond donors (Lipinski definition) is 3. The number of carbonyl (C=O) groups excluding carboxylic acids is 1. The Balaban J connectivity index is 1.40. The van der Waals surface area contributed by atoms with Gasteiger partial charge in [-0.2, -0.15) is 0 Å². The van der Waals surface area contributed by atoms with Crippen LogP contribution >= 0.6 is 0 Å². The highest BCUT2D eigenvalue weighted by atomic mass is 16.5. The van der Waals surface area contributed by atoms with E-state index in [0.717, 1.165) is 22.3 Å². The van der Waals surface area contributed by atoms with Crippen LogP contribution < -0.4 is 21.1 Å². The van der Waals surface area contributed by atoms with E-state index >= 15 is 0 Å². The molecule has 0 aliphatic rings. The summed E-state index contributed by atoms with van der Waals surface area (Å²) in [7, 11) is 3.45. The van der Waals surface area contributed by atoms with Crippen molar-refractivity contribution in [2.75, 3.05) is 18.5 Å². The molecule has 0 radical (unpaired) electrons. The number of ether oxygens (including phenoxy) is 1. The van der Waals surface area contributed by atoms with Crippen molar-refractivity contribution in [1.29, 1.82) is 0 Å². The van der Waals surface area contributed by atoms with Gasteiger partial charge in [-0.15, -0.1) is 0 Å². The Morgan fingerprint density at radius 2 is 1.73 bits per heavy atom. The van der Waals surface area contributed by atoms with Crippen LogP contribution in [0.5, 0.6) is 5.75 Å². The number of hydrogen-bond acceptors (Lipinski definition) is 5. The van der Waals surface area contributed by atoms with Gasteiger partial charge in [0.2, 0.25) is 0 Å². The van der Waals surface area contributed by atoms with E-state index < -0.39 is 6.10 Å². The van der Waals surface area contributed by atoms with Crippen LogP contribution in [0.15, 0.2) is 71.5 Å². The highest BCUT2D eigenvalue weighted by Gasteiger charge is 2.14. The Labute approximate surface area is 216 Å². The number of nitrogens with zero attached hydrogens (tertiary/aromatic N) is 2. The third-order valence-electron chi connectivity index (χ3n) is 6.33. The number of para-hydroxylation sites is 1. The van der Waals surface area contributed by atoms with Gasteiger partial charge in [0, 0.05) is 44.0 Å². The number of aromatic nitrogens is 2. The zero-order valence-electron chi connectivity index (χ0n) is 21.7. The summed E-state index contributed by atoms with van der Waals surface area (Å²) in [6.45, 7) is 5.30. The van der Waals surface area contributed by atoms with Crippen LogP contribution in [-0.4, -0.2) is 33.3 Å². The maximum absolute atomic E-state index is 12.4. The fourth-order valence-corrected chi connectivity index (χ4v) is 4.15. The maximum atomic E-state index is 12.4. The topological polar surface area (TPSA) is 97.5 Å². The van der Waals surface area contributed by atoms with Gasteiger partial charge in [-0.1, -0.05) is 44.2 Å². The Kier molecular flexibility index (Phi) is 7.98. The van der Waals surface area contributed by atoms with Crippen LogP contribution in [0.1, 0.15) is 41.4 Å². The SMILES string of the molecule is CC(C)CNC(=O)c1cccc(NCc2ccccc2OCC(O)c2ccc3c(c2)n(C)c(=O)n3C)c1. The largest absolute Gasteiger partial charge is 0.490 e. The van der Waals surface area contributed by atoms with Gasteiger partial charge in [0.05, 0.1) is 11.0 Å². The molecule has 1 heterocycles. The molecule has 8 heteroatoms. The van der Waals surface area contributed by atoms with Gasteiger partial charge in [-0.05, 0) is 47.9 Å². The molecule has 1 unspecified atom stereocenters. The van der Waals surface area contributed by atoms with E-state index in [9.17, 15) is 14.7 Å². The molecule has 194 valence electrons. The number of anilines is 1. The number of fused-ring (bicyclic) bond motifs is 1. The van der Waals surface area contributed by atoms with Crippen LogP contribution in [-0.2, 0) is 20.6 Å². The molecule has 0 spiro atoms. The van der Waals surface area contributed by atoms with E-state index in [0.29, 0.717) is 35.9 Å². The summed E-state index contributed by atoms with van der Waals surface area (Å²) in [4.78, 5) is 24.6. The van der Waals surface area contributed by atoms with E-state index in [-0.39, 0.29) is 18.2 Å². The summed E-state index contributed by atoms with van der Waals surface area (Å²) < 4.78 is 9.15. The summed E-state index contributed by atoms with van der Waals surface area (Å²) >= 11 is 0. The smallest absolute Gasteiger partial charge is 0.328 e. The van der Waals surface area contributed by atoms with Gasteiger partial charge >= 0.3 is 5.69 Å². The zero-order valence-corrected chi connectivity index (χ0v) is 21.7.